The van der Waals surface area contributed by atoms with E-state index in [2.05, 4.69) is 25.7 Å². The Bertz CT molecular complexity index is 1240. The van der Waals surface area contributed by atoms with Gasteiger partial charge in [-0.1, -0.05) is 13.8 Å². The van der Waals surface area contributed by atoms with Gasteiger partial charge in [0.25, 0.3) is 5.91 Å². The number of hydrogen-bond donors (Lipinski definition) is 2. The van der Waals surface area contributed by atoms with Gasteiger partial charge in [-0.25, -0.2) is 9.97 Å². The zero-order valence-corrected chi connectivity index (χ0v) is 20.3. The maximum Gasteiger partial charge on any atom is 0.405 e. The number of nitrogens with zero attached hydrogens (tertiary/aromatic N) is 5. The van der Waals surface area contributed by atoms with Crippen LogP contribution in [0.5, 0.6) is 0 Å². The molecular weight excluding hydrogens is 507 g/mol. The lowest BCUT2D eigenvalue weighted by atomic mass is 9.92. The van der Waals surface area contributed by atoms with Crippen molar-refractivity contribution in [2.45, 2.75) is 26.4 Å². The third-order valence-electron chi connectivity index (χ3n) is 5.31. The molecule has 3 aromatic heterocycles. The maximum absolute atomic E-state index is 12.8. The Morgan fingerprint density at radius 2 is 2.03 bits per heavy atom. The van der Waals surface area contributed by atoms with Gasteiger partial charge < -0.3 is 20.5 Å². The fraction of sp³-hybridized carbons (Fsp3) is 0.381. The van der Waals surface area contributed by atoms with E-state index in [-0.39, 0.29) is 41.2 Å². The summed E-state index contributed by atoms with van der Waals surface area (Å²) in [5.41, 5.74) is 0.105. The van der Waals surface area contributed by atoms with E-state index >= 15 is 0 Å². The molecule has 1 aliphatic heterocycles. The van der Waals surface area contributed by atoms with Crippen molar-refractivity contribution in [2.24, 2.45) is 12.5 Å². The average Bonchev–Trinajstić information content (AvgIpc) is 3.45. The highest BCUT2D eigenvalue weighted by Gasteiger charge is 2.41. The average molecular weight is 532 g/mol. The van der Waals surface area contributed by atoms with Crippen LogP contribution in [0.4, 0.5) is 30.5 Å². The highest BCUT2D eigenvalue weighted by atomic mass is 35.5. The number of anilines is 3. The number of amides is 2. The zero-order chi connectivity index (χ0) is 24.7. The van der Waals surface area contributed by atoms with Crippen molar-refractivity contribution in [1.82, 2.24) is 19.7 Å². The van der Waals surface area contributed by atoms with Crippen molar-refractivity contribution in [1.29, 1.82) is 0 Å². The number of pyridine rings is 1. The molecule has 1 fully saturated rings. The summed E-state index contributed by atoms with van der Waals surface area (Å²) < 4.78 is 44.1. The predicted octanol–water partition coefficient (Wildman–Crippen LogP) is 3.06. The van der Waals surface area contributed by atoms with Gasteiger partial charge >= 0.3 is 6.18 Å². The Morgan fingerprint density at radius 1 is 1.31 bits per heavy atom. The molecule has 2 amide bonds. The first-order valence-electron chi connectivity index (χ1n) is 10.3. The lowest BCUT2D eigenvalue weighted by Gasteiger charge is -2.18. The molecule has 0 atom stereocenters. The highest BCUT2D eigenvalue weighted by molar-refractivity contribution is 6.07. The Kier molecular flexibility index (Phi) is 8.37. The molecule has 1 saturated heterocycles. The fourth-order valence-corrected chi connectivity index (χ4v) is 3.48. The van der Waals surface area contributed by atoms with Gasteiger partial charge in [0.15, 0.2) is 11.5 Å². The van der Waals surface area contributed by atoms with Crippen LogP contribution in [0.1, 0.15) is 30.8 Å². The molecule has 4 heterocycles. The van der Waals surface area contributed by atoms with Crippen LogP contribution in [0.25, 0.3) is 11.5 Å². The molecule has 36 heavy (non-hydrogen) atoms. The minimum atomic E-state index is -4.40. The predicted molar refractivity (Wildman–Crippen MR) is 127 cm³/mol. The van der Waals surface area contributed by atoms with Crippen molar-refractivity contribution >= 4 is 41.5 Å². The molecule has 4 N–H and O–H groups in total. The van der Waals surface area contributed by atoms with Crippen LogP contribution in [0.15, 0.2) is 35.2 Å². The van der Waals surface area contributed by atoms with Crippen LogP contribution in [0, 0.1) is 5.41 Å². The number of carbonyl (C=O) groups excluding carboxylic acids is 2. The minimum absolute atomic E-state index is 0. The summed E-state index contributed by atoms with van der Waals surface area (Å²) in [7, 11) is 1.67. The SMILES string of the molecule is Cl.Cn1cc(NC(=O)c2coc(-c3ccnc(NCC(F)(F)F)c3)n2)c(N2CCC(C)(C)C2=O)n1.O. The second kappa shape index (κ2) is 10.5. The summed E-state index contributed by atoms with van der Waals surface area (Å²) in [6, 6.07) is 2.82. The molecule has 196 valence electrons. The number of nitrogens with one attached hydrogen (secondary N) is 2. The first-order valence-corrected chi connectivity index (χ1v) is 10.3. The maximum atomic E-state index is 12.8. The van der Waals surface area contributed by atoms with Crippen LogP contribution in [-0.4, -0.2) is 56.3 Å². The third-order valence-corrected chi connectivity index (χ3v) is 5.31. The normalized spacial score (nSPS) is 14.7. The van der Waals surface area contributed by atoms with E-state index in [0.717, 1.165) is 6.26 Å². The lowest BCUT2D eigenvalue weighted by Crippen LogP contribution is -2.32. The van der Waals surface area contributed by atoms with E-state index in [1.165, 1.54) is 27.9 Å². The van der Waals surface area contributed by atoms with Crippen molar-refractivity contribution in [3.8, 4) is 11.5 Å². The summed E-state index contributed by atoms with van der Waals surface area (Å²) in [6.45, 7) is 2.95. The second-order valence-electron chi connectivity index (χ2n) is 8.52. The molecule has 11 nitrogen and oxygen atoms in total. The largest absolute Gasteiger partial charge is 0.444 e. The number of halogens is 4. The van der Waals surface area contributed by atoms with Crippen LogP contribution < -0.4 is 15.5 Å². The minimum Gasteiger partial charge on any atom is -0.444 e. The Labute approximate surface area is 209 Å². The van der Waals surface area contributed by atoms with E-state index in [4.69, 9.17) is 4.42 Å². The van der Waals surface area contributed by atoms with E-state index in [9.17, 15) is 22.8 Å². The topological polar surface area (TPSA) is 150 Å². The second-order valence-corrected chi connectivity index (χ2v) is 8.52. The monoisotopic (exact) mass is 531 g/mol. The Hall–Kier alpha value is -3.65. The standard InChI is InChI=1S/C21H22F3N7O3.ClH.H2O/c1-20(2)5-7-31(19(20)33)16-13(9-30(3)29-16)27-17(32)14-10-34-18(28-14)12-4-6-25-15(8-12)26-11-21(22,23)24;;/h4,6,8-10H,5,7,11H2,1-3H3,(H,25,26)(H,27,32);1H;1H2. The number of hydrogen-bond acceptors (Lipinski definition) is 7. The summed E-state index contributed by atoms with van der Waals surface area (Å²) in [4.78, 5) is 35.0. The van der Waals surface area contributed by atoms with E-state index in [1.54, 1.807) is 13.2 Å². The Morgan fingerprint density at radius 3 is 2.67 bits per heavy atom. The molecule has 0 unspecified atom stereocenters. The molecule has 15 heteroatoms. The first kappa shape index (κ1) is 28.6. The number of carbonyl (C=O) groups is 2. The summed E-state index contributed by atoms with van der Waals surface area (Å²) in [5.74, 6) is -0.329. The Balaban J connectivity index is 0.00000228. The molecule has 0 aliphatic carbocycles. The molecule has 1 aliphatic rings. The smallest absolute Gasteiger partial charge is 0.405 e. The first-order chi connectivity index (χ1) is 15.9. The van der Waals surface area contributed by atoms with Gasteiger partial charge in [-0.2, -0.15) is 18.3 Å². The van der Waals surface area contributed by atoms with Crippen LogP contribution in [-0.2, 0) is 11.8 Å². The summed E-state index contributed by atoms with van der Waals surface area (Å²) >= 11 is 0. The molecule has 4 rings (SSSR count). The van der Waals surface area contributed by atoms with Gasteiger partial charge in [-0.15, -0.1) is 12.4 Å². The molecule has 0 saturated carbocycles. The van der Waals surface area contributed by atoms with Crippen molar-refractivity contribution in [2.75, 3.05) is 28.6 Å². The van der Waals surface area contributed by atoms with E-state index in [0.29, 0.717) is 30.0 Å². The number of oxazole rings is 1. The van der Waals surface area contributed by atoms with Gasteiger partial charge in [0, 0.05) is 30.8 Å². The van der Waals surface area contributed by atoms with Crippen LogP contribution in [0.3, 0.4) is 0 Å². The molecular formula is C21H25ClF3N7O4. The molecule has 0 aromatic carbocycles. The van der Waals surface area contributed by atoms with Crippen molar-refractivity contribution in [3.63, 3.8) is 0 Å². The van der Waals surface area contributed by atoms with Gasteiger partial charge in [-0.05, 0) is 18.6 Å². The molecule has 0 spiro atoms. The van der Waals surface area contributed by atoms with Gasteiger partial charge in [0.2, 0.25) is 11.8 Å². The number of rotatable bonds is 6. The van der Waals surface area contributed by atoms with E-state index < -0.39 is 24.0 Å². The van der Waals surface area contributed by atoms with E-state index in [1.807, 2.05) is 13.8 Å². The molecule has 3 aromatic rings. The molecule has 0 radical (unpaired) electrons. The van der Waals surface area contributed by atoms with Gasteiger partial charge in [-0.3, -0.25) is 19.2 Å². The summed E-state index contributed by atoms with van der Waals surface area (Å²) in [5, 5.41) is 9.19. The third kappa shape index (κ3) is 6.12. The van der Waals surface area contributed by atoms with Crippen LogP contribution in [0.2, 0.25) is 0 Å². The van der Waals surface area contributed by atoms with Crippen molar-refractivity contribution < 1.29 is 32.7 Å². The van der Waals surface area contributed by atoms with Crippen molar-refractivity contribution in [3.05, 3.63) is 36.5 Å². The van der Waals surface area contributed by atoms with Gasteiger partial charge in [0.1, 0.15) is 24.3 Å². The quantitative estimate of drug-likeness (QED) is 0.496. The zero-order valence-electron chi connectivity index (χ0n) is 19.5. The van der Waals surface area contributed by atoms with Crippen LogP contribution >= 0.6 is 12.4 Å². The number of aryl methyl sites for hydroxylation is 1. The lowest BCUT2D eigenvalue weighted by molar-refractivity contribution is -0.124. The highest BCUT2D eigenvalue weighted by Crippen LogP contribution is 2.36. The number of aromatic nitrogens is 4. The number of alkyl halides is 3. The fourth-order valence-electron chi connectivity index (χ4n) is 3.48. The molecule has 0 bridgehead atoms. The summed E-state index contributed by atoms with van der Waals surface area (Å²) in [6.07, 6.45) is 0.275. The van der Waals surface area contributed by atoms with Gasteiger partial charge in [0.05, 0.1) is 6.20 Å².